The minimum Gasteiger partial charge on any atom is -0.508 e. The number of ether oxygens (including phenoxy) is 1. The number of aromatic hydroxyl groups is 1. The highest BCUT2D eigenvalue weighted by atomic mass is 19.4. The largest absolute Gasteiger partial charge is 0.508 e. The van der Waals surface area contributed by atoms with Crippen LogP contribution in [0.25, 0.3) is 0 Å². The zero-order valence-electron chi connectivity index (χ0n) is 12.8. The lowest BCUT2D eigenvalue weighted by atomic mass is 9.99. The van der Waals surface area contributed by atoms with Gasteiger partial charge in [0, 0.05) is 17.5 Å². The summed E-state index contributed by atoms with van der Waals surface area (Å²) in [6, 6.07) is 6.71. The highest BCUT2D eigenvalue weighted by Crippen LogP contribution is 2.41. The number of rotatable bonds is 0. The second kappa shape index (κ2) is 6.67. The number of phenolic OH excluding ortho intramolecular Hbond substituents is 1. The van der Waals surface area contributed by atoms with Gasteiger partial charge in [-0.1, -0.05) is 0 Å². The molecule has 1 aliphatic rings. The first kappa shape index (κ1) is 18.7. The van der Waals surface area contributed by atoms with E-state index in [4.69, 9.17) is 31.4 Å². The maximum atomic E-state index is 10.6. The van der Waals surface area contributed by atoms with Crippen LogP contribution in [0.15, 0.2) is 18.2 Å². The van der Waals surface area contributed by atoms with Crippen LogP contribution in [0.1, 0.15) is 16.7 Å². The summed E-state index contributed by atoms with van der Waals surface area (Å²) in [6.45, 7) is 0. The fourth-order valence-corrected chi connectivity index (χ4v) is 2.11. The number of carboxylic acid groups (broad SMARTS) is 1. The zero-order valence-corrected chi connectivity index (χ0v) is 12.8. The van der Waals surface area contributed by atoms with Gasteiger partial charge < -0.3 is 26.4 Å². The van der Waals surface area contributed by atoms with Gasteiger partial charge in [-0.15, -0.1) is 0 Å². The number of nitrogens with zero attached hydrogens (tertiary/aromatic N) is 2. The van der Waals surface area contributed by atoms with Gasteiger partial charge in [0.05, 0.1) is 5.69 Å². The van der Waals surface area contributed by atoms with E-state index in [-0.39, 0.29) is 22.8 Å². The summed E-state index contributed by atoms with van der Waals surface area (Å²) in [4.78, 5) is 13.0. The van der Waals surface area contributed by atoms with E-state index in [1.54, 1.807) is 12.1 Å². The Hall–Kier alpha value is -3.68. The molecule has 136 valence electrons. The summed E-state index contributed by atoms with van der Waals surface area (Å²) in [5.41, 5.74) is 13.4. The van der Waals surface area contributed by atoms with Gasteiger partial charge in [-0.2, -0.15) is 23.4 Å². The van der Waals surface area contributed by atoms with E-state index in [1.807, 2.05) is 6.07 Å². The van der Waals surface area contributed by atoms with Crippen molar-refractivity contribution in [2.24, 2.45) is 0 Å². The molecule has 1 aromatic heterocycles. The average molecular weight is 368 g/mol. The lowest BCUT2D eigenvalue weighted by Gasteiger charge is -2.21. The third-order valence-corrected chi connectivity index (χ3v) is 3.30. The van der Waals surface area contributed by atoms with Gasteiger partial charge in [0.15, 0.2) is 0 Å². The Bertz CT molecular complexity index is 923. The Labute approximate surface area is 144 Å². The van der Waals surface area contributed by atoms with Crippen molar-refractivity contribution in [3.63, 3.8) is 0 Å². The normalized spacial score (nSPS) is 11.8. The van der Waals surface area contributed by atoms with Gasteiger partial charge >= 0.3 is 12.1 Å². The zero-order chi connectivity index (χ0) is 19.6. The highest BCUT2D eigenvalue weighted by Gasteiger charge is 2.38. The molecule has 3 rings (SSSR count). The van der Waals surface area contributed by atoms with Crippen LogP contribution in [-0.4, -0.2) is 27.3 Å². The minimum absolute atomic E-state index is 0.0565. The molecule has 2 aromatic rings. The molecule has 0 bridgehead atoms. The molecule has 0 aliphatic carbocycles. The maximum absolute atomic E-state index is 10.6. The van der Waals surface area contributed by atoms with Crippen molar-refractivity contribution in [1.82, 2.24) is 4.98 Å². The lowest BCUT2D eigenvalue weighted by Crippen LogP contribution is -2.21. The summed E-state index contributed by atoms with van der Waals surface area (Å²) in [5, 5.41) is 25.6. The third-order valence-electron chi connectivity index (χ3n) is 3.30. The number of halogens is 3. The number of benzene rings is 1. The minimum atomic E-state index is -5.08. The number of nitrogens with two attached hydrogens (primary N) is 2. The number of carbonyl (C=O) groups is 1. The van der Waals surface area contributed by atoms with Crippen molar-refractivity contribution >= 4 is 17.5 Å². The van der Waals surface area contributed by atoms with Crippen molar-refractivity contribution in [3.8, 4) is 23.4 Å². The fraction of sp³-hybridized carbons (Fsp3) is 0.133. The number of hydrogen-bond acceptors (Lipinski definition) is 7. The molecule has 0 saturated carbocycles. The molecular formula is C15H11F3N4O4. The first-order valence-electron chi connectivity index (χ1n) is 6.82. The standard InChI is InChI=1S/C13H10N4O2.C2HF3O2/c14-5-9-11(15)8-4-6-3-7(18)1-2-10(6)19-13(8)17-12(9)16;3-2(4,5)1(6)7/h1-3,18H,4H2,(H4,15,16,17);(H,6,7). The molecule has 1 aliphatic heterocycles. The number of alkyl halides is 3. The number of carboxylic acids is 1. The quantitative estimate of drug-likeness (QED) is 0.470. The fourth-order valence-electron chi connectivity index (χ4n) is 2.11. The molecule has 0 spiro atoms. The van der Waals surface area contributed by atoms with E-state index in [1.165, 1.54) is 6.07 Å². The van der Waals surface area contributed by atoms with Crippen molar-refractivity contribution in [2.45, 2.75) is 12.6 Å². The Morgan fingerprint density at radius 2 is 1.96 bits per heavy atom. The number of pyridine rings is 1. The summed E-state index contributed by atoms with van der Waals surface area (Å²) < 4.78 is 37.3. The summed E-state index contributed by atoms with van der Waals surface area (Å²) in [7, 11) is 0. The Balaban J connectivity index is 0.000000298. The molecule has 0 atom stereocenters. The Morgan fingerprint density at radius 3 is 2.50 bits per heavy atom. The molecule has 0 amide bonds. The van der Waals surface area contributed by atoms with Crippen LogP contribution in [0.3, 0.4) is 0 Å². The summed E-state index contributed by atoms with van der Waals surface area (Å²) in [6.07, 6.45) is -4.65. The van der Waals surface area contributed by atoms with Crippen molar-refractivity contribution in [2.75, 3.05) is 11.5 Å². The first-order valence-corrected chi connectivity index (χ1v) is 6.82. The van der Waals surface area contributed by atoms with Crippen molar-refractivity contribution < 1.29 is 32.9 Å². The molecular weight excluding hydrogens is 357 g/mol. The first-order chi connectivity index (χ1) is 12.0. The highest BCUT2D eigenvalue weighted by molar-refractivity contribution is 5.73. The number of anilines is 2. The monoisotopic (exact) mass is 368 g/mol. The number of aromatic nitrogens is 1. The molecule has 6 N–H and O–H groups in total. The lowest BCUT2D eigenvalue weighted by molar-refractivity contribution is -0.192. The van der Waals surface area contributed by atoms with Gasteiger partial charge in [0.25, 0.3) is 0 Å². The molecule has 11 heteroatoms. The number of phenols is 1. The summed E-state index contributed by atoms with van der Waals surface area (Å²) in [5.74, 6) is -1.64. The topological polar surface area (TPSA) is 155 Å². The van der Waals surface area contributed by atoms with Crippen LogP contribution in [-0.2, 0) is 11.2 Å². The van der Waals surface area contributed by atoms with E-state index in [0.29, 0.717) is 23.6 Å². The van der Waals surface area contributed by atoms with Gasteiger partial charge in [-0.3, -0.25) is 0 Å². The van der Waals surface area contributed by atoms with E-state index in [9.17, 15) is 18.3 Å². The predicted molar refractivity (Wildman–Crippen MR) is 82.5 cm³/mol. The molecule has 0 fully saturated rings. The van der Waals surface area contributed by atoms with Crippen LogP contribution >= 0.6 is 0 Å². The average Bonchev–Trinajstić information content (AvgIpc) is 2.54. The molecule has 1 aromatic carbocycles. The van der Waals surface area contributed by atoms with E-state index < -0.39 is 12.1 Å². The number of hydrogen-bond donors (Lipinski definition) is 4. The second-order valence-corrected chi connectivity index (χ2v) is 5.06. The Kier molecular flexibility index (Phi) is 4.79. The van der Waals surface area contributed by atoms with Crippen LogP contribution in [0.2, 0.25) is 0 Å². The van der Waals surface area contributed by atoms with E-state index in [0.717, 1.165) is 5.56 Å². The molecule has 0 saturated heterocycles. The molecule has 26 heavy (non-hydrogen) atoms. The van der Waals surface area contributed by atoms with Crippen LogP contribution in [0, 0.1) is 11.3 Å². The van der Waals surface area contributed by atoms with Gasteiger partial charge in [0.1, 0.15) is 28.9 Å². The van der Waals surface area contributed by atoms with Crippen LogP contribution in [0.4, 0.5) is 24.7 Å². The Morgan fingerprint density at radius 1 is 1.35 bits per heavy atom. The van der Waals surface area contributed by atoms with Crippen LogP contribution < -0.4 is 16.2 Å². The number of fused-ring (bicyclic) bond motifs is 2. The van der Waals surface area contributed by atoms with Gasteiger partial charge in [-0.25, -0.2) is 4.79 Å². The van der Waals surface area contributed by atoms with Crippen molar-refractivity contribution in [3.05, 3.63) is 34.9 Å². The molecule has 0 radical (unpaired) electrons. The molecule has 0 unspecified atom stereocenters. The third kappa shape index (κ3) is 3.69. The van der Waals surface area contributed by atoms with E-state index >= 15 is 0 Å². The maximum Gasteiger partial charge on any atom is 0.490 e. The van der Waals surface area contributed by atoms with Gasteiger partial charge in [0.2, 0.25) is 5.88 Å². The van der Waals surface area contributed by atoms with Crippen LogP contribution in [0.5, 0.6) is 17.4 Å². The predicted octanol–water partition coefficient (Wildman–Crippen LogP) is 2.15. The smallest absolute Gasteiger partial charge is 0.490 e. The summed E-state index contributed by atoms with van der Waals surface area (Å²) >= 11 is 0. The van der Waals surface area contributed by atoms with Gasteiger partial charge in [-0.05, 0) is 18.2 Å². The SMILES string of the molecule is N#Cc1c(N)nc2c(c1N)Cc1cc(O)ccc1O2.O=C(O)C(F)(F)F. The second-order valence-electron chi connectivity index (χ2n) is 5.06. The number of nitriles is 1. The van der Waals surface area contributed by atoms with E-state index in [2.05, 4.69) is 4.98 Å². The van der Waals surface area contributed by atoms with Crippen molar-refractivity contribution in [1.29, 1.82) is 5.26 Å². The number of aliphatic carboxylic acids is 1. The number of nitrogen functional groups attached to an aromatic ring is 2. The molecule has 8 nitrogen and oxygen atoms in total. The molecule has 2 heterocycles.